The van der Waals surface area contributed by atoms with Gasteiger partial charge in [-0.3, -0.25) is 4.79 Å². The quantitative estimate of drug-likeness (QED) is 0.512. The number of thiazole rings is 1. The zero-order valence-electron chi connectivity index (χ0n) is 17.0. The van der Waals surface area contributed by atoms with Crippen LogP contribution in [0.3, 0.4) is 0 Å². The molecule has 0 N–H and O–H groups in total. The van der Waals surface area contributed by atoms with Gasteiger partial charge in [0.2, 0.25) is 5.91 Å². The Morgan fingerprint density at radius 2 is 2.00 bits per heavy atom. The van der Waals surface area contributed by atoms with E-state index in [0.29, 0.717) is 24.9 Å². The number of amides is 1. The molecular formula is C21H34N2O3S. The SMILES string of the molecule is CCCC[C@H](CC)C(=O)N(Cc1nc(C(=O)OCC)cs1)C1CCCCC1. The minimum Gasteiger partial charge on any atom is -0.461 e. The summed E-state index contributed by atoms with van der Waals surface area (Å²) < 4.78 is 5.03. The highest BCUT2D eigenvalue weighted by Gasteiger charge is 2.30. The lowest BCUT2D eigenvalue weighted by Crippen LogP contribution is -2.44. The van der Waals surface area contributed by atoms with E-state index in [1.165, 1.54) is 30.6 Å². The molecule has 1 fully saturated rings. The van der Waals surface area contributed by atoms with Crippen molar-refractivity contribution >= 4 is 23.2 Å². The maximum Gasteiger partial charge on any atom is 0.357 e. The first-order chi connectivity index (χ1) is 13.1. The highest BCUT2D eigenvalue weighted by atomic mass is 32.1. The Kier molecular flexibility index (Phi) is 9.25. The largest absolute Gasteiger partial charge is 0.461 e. The van der Waals surface area contributed by atoms with Crippen molar-refractivity contribution < 1.29 is 14.3 Å². The maximum atomic E-state index is 13.3. The Morgan fingerprint density at radius 1 is 1.26 bits per heavy atom. The molecule has 0 aliphatic heterocycles. The summed E-state index contributed by atoms with van der Waals surface area (Å²) in [6.45, 7) is 6.92. The fourth-order valence-corrected chi connectivity index (χ4v) is 4.56. The molecule has 6 heteroatoms. The number of carbonyl (C=O) groups is 2. The van der Waals surface area contributed by atoms with Gasteiger partial charge in [0.15, 0.2) is 5.69 Å². The maximum absolute atomic E-state index is 13.3. The Labute approximate surface area is 167 Å². The Bertz CT molecular complexity index is 596. The van der Waals surface area contributed by atoms with Crippen LogP contribution < -0.4 is 0 Å². The number of ether oxygens (including phenoxy) is 1. The molecular weight excluding hydrogens is 360 g/mol. The molecule has 1 aromatic heterocycles. The molecule has 1 amide bonds. The van der Waals surface area contributed by atoms with Crippen molar-refractivity contribution in [3.63, 3.8) is 0 Å². The van der Waals surface area contributed by atoms with E-state index in [2.05, 4.69) is 23.7 Å². The molecule has 27 heavy (non-hydrogen) atoms. The van der Waals surface area contributed by atoms with Crippen molar-refractivity contribution in [2.75, 3.05) is 6.61 Å². The van der Waals surface area contributed by atoms with Gasteiger partial charge in [-0.05, 0) is 32.6 Å². The second-order valence-corrected chi connectivity index (χ2v) is 8.29. The number of aromatic nitrogens is 1. The van der Waals surface area contributed by atoms with Gasteiger partial charge in [0.05, 0.1) is 13.2 Å². The summed E-state index contributed by atoms with van der Waals surface area (Å²) in [5.41, 5.74) is 0.353. The van der Waals surface area contributed by atoms with Crippen molar-refractivity contribution in [2.24, 2.45) is 5.92 Å². The second-order valence-electron chi connectivity index (χ2n) is 7.35. The summed E-state index contributed by atoms with van der Waals surface area (Å²) in [5, 5.41) is 2.56. The fourth-order valence-electron chi connectivity index (χ4n) is 3.79. The van der Waals surface area contributed by atoms with Crippen molar-refractivity contribution in [1.29, 1.82) is 0 Å². The lowest BCUT2D eigenvalue weighted by Gasteiger charge is -2.36. The number of esters is 1. The van der Waals surface area contributed by atoms with E-state index in [-0.39, 0.29) is 17.8 Å². The van der Waals surface area contributed by atoms with Crippen molar-refractivity contribution in [1.82, 2.24) is 9.88 Å². The molecule has 0 saturated heterocycles. The van der Waals surface area contributed by atoms with E-state index >= 15 is 0 Å². The number of hydrogen-bond donors (Lipinski definition) is 0. The van der Waals surface area contributed by atoms with Crippen LogP contribution in [0.2, 0.25) is 0 Å². The minimum absolute atomic E-state index is 0.0939. The van der Waals surface area contributed by atoms with Gasteiger partial charge >= 0.3 is 5.97 Å². The summed E-state index contributed by atoms with van der Waals surface area (Å²) in [5.74, 6) is -0.0213. The van der Waals surface area contributed by atoms with Crippen LogP contribution in [0.15, 0.2) is 5.38 Å². The number of unbranched alkanes of at least 4 members (excludes halogenated alkanes) is 1. The van der Waals surface area contributed by atoms with E-state index in [0.717, 1.165) is 43.5 Å². The first-order valence-electron chi connectivity index (χ1n) is 10.5. The van der Waals surface area contributed by atoms with Crippen LogP contribution in [0.25, 0.3) is 0 Å². The van der Waals surface area contributed by atoms with Crippen LogP contribution in [-0.2, 0) is 16.1 Å². The molecule has 1 saturated carbocycles. The van der Waals surface area contributed by atoms with Gasteiger partial charge in [0.1, 0.15) is 5.01 Å². The molecule has 1 heterocycles. The molecule has 152 valence electrons. The molecule has 5 nitrogen and oxygen atoms in total. The second kappa shape index (κ2) is 11.4. The standard InChI is InChI=1S/C21H34N2O3S/c1-4-7-11-16(5-2)20(24)23(17-12-9-8-10-13-17)14-19-22-18(15-27-19)21(25)26-6-3/h15-17H,4-14H2,1-3H3/t16-/m0/s1. The van der Waals surface area contributed by atoms with Gasteiger partial charge in [-0.2, -0.15) is 0 Å². The van der Waals surface area contributed by atoms with Crippen LogP contribution >= 0.6 is 11.3 Å². The average molecular weight is 395 g/mol. The Morgan fingerprint density at radius 3 is 2.63 bits per heavy atom. The third-order valence-corrected chi connectivity index (χ3v) is 6.22. The topological polar surface area (TPSA) is 59.5 Å². The van der Waals surface area contributed by atoms with Gasteiger partial charge in [0, 0.05) is 17.3 Å². The zero-order valence-corrected chi connectivity index (χ0v) is 17.9. The van der Waals surface area contributed by atoms with Crippen LogP contribution in [0.4, 0.5) is 0 Å². The van der Waals surface area contributed by atoms with Crippen molar-refractivity contribution in [2.45, 2.75) is 91.1 Å². The molecule has 0 bridgehead atoms. The number of carbonyl (C=O) groups excluding carboxylic acids is 2. The predicted octanol–water partition coefficient (Wildman–Crippen LogP) is 5.20. The number of nitrogens with zero attached hydrogens (tertiary/aromatic N) is 2. The van der Waals surface area contributed by atoms with E-state index in [9.17, 15) is 9.59 Å². The third-order valence-electron chi connectivity index (χ3n) is 5.39. The normalized spacial score (nSPS) is 16.1. The molecule has 2 rings (SSSR count). The smallest absolute Gasteiger partial charge is 0.357 e. The molecule has 1 aliphatic carbocycles. The Hall–Kier alpha value is -1.43. The van der Waals surface area contributed by atoms with E-state index < -0.39 is 0 Å². The molecule has 1 aromatic rings. The Balaban J connectivity index is 2.14. The highest BCUT2D eigenvalue weighted by Crippen LogP contribution is 2.28. The van der Waals surface area contributed by atoms with Gasteiger partial charge in [-0.15, -0.1) is 11.3 Å². The molecule has 1 atom stereocenters. The summed E-state index contributed by atoms with van der Waals surface area (Å²) in [6, 6.07) is 0.303. The van der Waals surface area contributed by atoms with Crippen LogP contribution in [-0.4, -0.2) is 34.4 Å². The highest BCUT2D eigenvalue weighted by molar-refractivity contribution is 7.09. The van der Waals surface area contributed by atoms with Crippen molar-refractivity contribution in [3.8, 4) is 0 Å². The van der Waals surface area contributed by atoms with Gasteiger partial charge in [-0.25, -0.2) is 9.78 Å². The molecule has 1 aliphatic rings. The fraction of sp³-hybridized carbons (Fsp3) is 0.762. The average Bonchev–Trinajstić information content (AvgIpc) is 3.16. The summed E-state index contributed by atoms with van der Waals surface area (Å²) in [7, 11) is 0. The van der Waals surface area contributed by atoms with Gasteiger partial charge < -0.3 is 9.64 Å². The zero-order chi connectivity index (χ0) is 19.6. The monoisotopic (exact) mass is 394 g/mol. The first-order valence-corrected chi connectivity index (χ1v) is 11.4. The van der Waals surface area contributed by atoms with E-state index in [1.807, 2.05) is 0 Å². The summed E-state index contributed by atoms with van der Waals surface area (Å²) in [6.07, 6.45) is 9.83. The van der Waals surface area contributed by atoms with Crippen LogP contribution in [0.5, 0.6) is 0 Å². The molecule has 0 radical (unpaired) electrons. The van der Waals surface area contributed by atoms with Gasteiger partial charge in [0.25, 0.3) is 0 Å². The molecule has 0 spiro atoms. The van der Waals surface area contributed by atoms with E-state index in [1.54, 1.807) is 12.3 Å². The summed E-state index contributed by atoms with van der Waals surface area (Å²) in [4.78, 5) is 31.7. The lowest BCUT2D eigenvalue weighted by molar-refractivity contribution is -0.139. The predicted molar refractivity (Wildman–Crippen MR) is 109 cm³/mol. The molecule has 0 unspecified atom stereocenters. The third kappa shape index (κ3) is 6.30. The van der Waals surface area contributed by atoms with Crippen LogP contribution in [0, 0.1) is 5.92 Å². The number of rotatable bonds is 10. The minimum atomic E-state index is -0.384. The molecule has 0 aromatic carbocycles. The summed E-state index contributed by atoms with van der Waals surface area (Å²) >= 11 is 1.44. The number of hydrogen-bond acceptors (Lipinski definition) is 5. The lowest BCUT2D eigenvalue weighted by atomic mass is 9.91. The van der Waals surface area contributed by atoms with E-state index in [4.69, 9.17) is 4.74 Å². The van der Waals surface area contributed by atoms with Crippen molar-refractivity contribution in [3.05, 3.63) is 16.1 Å². The van der Waals surface area contributed by atoms with Crippen LogP contribution in [0.1, 0.15) is 94.1 Å². The van der Waals surface area contributed by atoms with Gasteiger partial charge in [-0.1, -0.05) is 46.0 Å². The first kappa shape index (κ1) is 21.9.